The van der Waals surface area contributed by atoms with Gasteiger partial charge in [0.05, 0.1) is 51.2 Å². The Kier molecular flexibility index (Phi) is 13.9. The standard InChI is InChI=1S/C42H56ClN5O7/c1-27(2)54-36-23-34-30(21-35(36)52-7)22-38(49)48(40(34)29-11-13-31(43)14-12-29)37-18-17-33(24-45-37)46(6)25-28-9-15-32(16-10-28)47(26-39(50)53-8)20-19-44-41(51)55-42(3,4)5/h11-14,17-18,21,23-24,27-28,32,40H,9-10,15-16,19-20,22,25-26H2,1-8H3,(H,44,51)/t28-,32-,40-/m0/s1. The molecule has 0 bridgehead atoms. The zero-order valence-electron chi connectivity index (χ0n) is 33.4. The minimum atomic E-state index is -0.580. The Morgan fingerprint density at radius 3 is 2.33 bits per heavy atom. The smallest absolute Gasteiger partial charge is 0.407 e. The quantitative estimate of drug-likeness (QED) is 0.168. The highest BCUT2D eigenvalue weighted by molar-refractivity contribution is 6.30. The zero-order valence-corrected chi connectivity index (χ0v) is 34.2. The molecule has 0 unspecified atom stereocenters. The average molecular weight is 778 g/mol. The van der Waals surface area contributed by atoms with E-state index in [9.17, 15) is 14.4 Å². The predicted molar refractivity (Wildman–Crippen MR) is 214 cm³/mol. The third kappa shape index (κ3) is 11.0. The minimum Gasteiger partial charge on any atom is -0.493 e. The number of anilines is 2. The highest BCUT2D eigenvalue weighted by atomic mass is 35.5. The predicted octanol–water partition coefficient (Wildman–Crippen LogP) is 7.20. The van der Waals surface area contributed by atoms with Gasteiger partial charge in [-0.1, -0.05) is 23.7 Å². The molecule has 0 saturated heterocycles. The van der Waals surface area contributed by atoms with Crippen molar-refractivity contribution in [2.75, 3.05) is 57.2 Å². The maximum absolute atomic E-state index is 14.0. The molecular weight excluding hydrogens is 722 g/mol. The van der Waals surface area contributed by atoms with Crippen molar-refractivity contribution in [3.8, 4) is 11.5 Å². The average Bonchev–Trinajstić information content (AvgIpc) is 3.13. The maximum atomic E-state index is 14.0. The first kappa shape index (κ1) is 41.6. The monoisotopic (exact) mass is 777 g/mol. The van der Waals surface area contributed by atoms with Gasteiger partial charge in [-0.25, -0.2) is 9.78 Å². The number of esters is 1. The molecule has 1 aliphatic carbocycles. The molecule has 2 heterocycles. The Balaban J connectivity index is 1.26. The second-order valence-corrected chi connectivity index (χ2v) is 16.1. The van der Waals surface area contributed by atoms with Crippen molar-refractivity contribution < 1.29 is 33.3 Å². The van der Waals surface area contributed by atoms with Gasteiger partial charge in [0.15, 0.2) is 11.5 Å². The van der Waals surface area contributed by atoms with Crippen LogP contribution < -0.4 is 24.6 Å². The molecule has 2 amide bonds. The van der Waals surface area contributed by atoms with Crippen molar-refractivity contribution >= 4 is 41.1 Å². The molecule has 1 saturated carbocycles. The molecule has 1 atom stereocenters. The minimum absolute atomic E-state index is 0.0652. The van der Waals surface area contributed by atoms with E-state index in [2.05, 4.69) is 22.2 Å². The second kappa shape index (κ2) is 18.4. The normalized spacial score (nSPS) is 18.5. The van der Waals surface area contributed by atoms with E-state index < -0.39 is 17.7 Å². The van der Waals surface area contributed by atoms with Crippen LogP contribution in [0.25, 0.3) is 0 Å². The fraction of sp³-hybridized carbons (Fsp3) is 0.524. The Hall–Kier alpha value is -4.55. The number of nitrogens with one attached hydrogen (secondary N) is 1. The number of nitrogens with zero attached hydrogens (tertiary/aromatic N) is 4. The molecule has 298 valence electrons. The number of carbonyl (C=O) groups excluding carboxylic acids is 3. The number of methoxy groups -OCH3 is 2. The number of halogens is 1. The molecule has 0 radical (unpaired) electrons. The summed E-state index contributed by atoms with van der Waals surface area (Å²) in [5, 5.41) is 3.42. The van der Waals surface area contributed by atoms with Crippen LogP contribution in [0.15, 0.2) is 54.7 Å². The number of carbonyl (C=O) groups is 3. The Morgan fingerprint density at radius 1 is 1.02 bits per heavy atom. The van der Waals surface area contributed by atoms with E-state index >= 15 is 0 Å². The lowest BCUT2D eigenvalue weighted by molar-refractivity contribution is -0.142. The number of amides is 2. The van der Waals surface area contributed by atoms with Crippen molar-refractivity contribution in [2.24, 2.45) is 5.92 Å². The number of aromatic nitrogens is 1. The van der Waals surface area contributed by atoms with Crippen LogP contribution >= 0.6 is 11.6 Å². The molecule has 0 spiro atoms. The SMILES string of the molecule is COC(=O)CN(CCNC(=O)OC(C)(C)C)[C@H]1CC[C@H](CN(C)c2ccc(N3C(=O)Cc4cc(OC)c(OC(C)C)cc4[C@@H]3c3ccc(Cl)cc3)nc2)CC1. The first-order valence-corrected chi connectivity index (χ1v) is 19.4. The number of benzene rings is 2. The second-order valence-electron chi connectivity index (χ2n) is 15.7. The van der Waals surface area contributed by atoms with Crippen LogP contribution in [-0.4, -0.2) is 93.0 Å². The third-order valence-electron chi connectivity index (χ3n) is 10.0. The Labute approximate surface area is 330 Å². The van der Waals surface area contributed by atoms with Gasteiger partial charge in [0, 0.05) is 37.7 Å². The van der Waals surface area contributed by atoms with Gasteiger partial charge in [0.25, 0.3) is 0 Å². The van der Waals surface area contributed by atoms with Crippen molar-refractivity contribution in [3.63, 3.8) is 0 Å². The van der Waals surface area contributed by atoms with E-state index in [1.54, 1.807) is 12.0 Å². The summed E-state index contributed by atoms with van der Waals surface area (Å²) in [6, 6.07) is 15.1. The summed E-state index contributed by atoms with van der Waals surface area (Å²) in [6.07, 6.45) is 5.34. The highest BCUT2D eigenvalue weighted by Gasteiger charge is 2.37. The summed E-state index contributed by atoms with van der Waals surface area (Å²) in [6.45, 7) is 11.3. The topological polar surface area (TPSA) is 123 Å². The Bertz CT molecular complexity index is 1770. The van der Waals surface area contributed by atoms with Crippen LogP contribution in [0.1, 0.15) is 83.0 Å². The largest absolute Gasteiger partial charge is 0.493 e. The number of hydrogen-bond donors (Lipinski definition) is 1. The maximum Gasteiger partial charge on any atom is 0.407 e. The first-order chi connectivity index (χ1) is 26.1. The summed E-state index contributed by atoms with van der Waals surface area (Å²) in [7, 11) is 5.07. The van der Waals surface area contributed by atoms with Crippen molar-refractivity contribution in [2.45, 2.75) is 90.5 Å². The number of hydrogen-bond acceptors (Lipinski definition) is 10. The summed E-state index contributed by atoms with van der Waals surface area (Å²) in [5.74, 6) is 1.86. The number of ether oxygens (including phenoxy) is 4. The highest BCUT2D eigenvalue weighted by Crippen LogP contribution is 2.43. The molecule has 2 aromatic carbocycles. The number of rotatable bonds is 14. The van der Waals surface area contributed by atoms with Crippen LogP contribution in [0.5, 0.6) is 11.5 Å². The molecular formula is C42H56ClN5O7. The molecule has 2 aliphatic rings. The lowest BCUT2D eigenvalue weighted by Gasteiger charge is -2.38. The summed E-state index contributed by atoms with van der Waals surface area (Å²) >= 11 is 6.29. The van der Waals surface area contributed by atoms with Gasteiger partial charge in [-0.3, -0.25) is 19.4 Å². The zero-order chi connectivity index (χ0) is 39.9. The number of alkyl carbamates (subject to hydrolysis) is 1. The van der Waals surface area contributed by atoms with Crippen LogP contribution in [0, 0.1) is 5.92 Å². The lowest BCUT2D eigenvalue weighted by Crippen LogP contribution is -2.46. The van der Waals surface area contributed by atoms with E-state index in [0.29, 0.717) is 41.3 Å². The van der Waals surface area contributed by atoms with Crippen LogP contribution in [0.3, 0.4) is 0 Å². The summed E-state index contributed by atoms with van der Waals surface area (Å²) in [5.41, 5.74) is 3.11. The lowest BCUT2D eigenvalue weighted by atomic mass is 9.85. The molecule has 13 heteroatoms. The van der Waals surface area contributed by atoms with Crippen molar-refractivity contribution in [1.82, 2.24) is 15.2 Å². The fourth-order valence-corrected chi connectivity index (χ4v) is 7.59. The first-order valence-electron chi connectivity index (χ1n) is 19.1. The van der Waals surface area contributed by atoms with E-state index in [1.807, 2.05) is 89.3 Å². The summed E-state index contributed by atoms with van der Waals surface area (Å²) in [4.78, 5) is 49.4. The van der Waals surface area contributed by atoms with Gasteiger partial charge in [-0.15, -0.1) is 0 Å². The Morgan fingerprint density at radius 2 is 1.73 bits per heavy atom. The van der Waals surface area contributed by atoms with Gasteiger partial charge in [0.2, 0.25) is 5.91 Å². The number of pyridine rings is 1. The molecule has 1 aromatic heterocycles. The number of fused-ring (bicyclic) bond motifs is 1. The van der Waals surface area contributed by atoms with E-state index in [1.165, 1.54) is 7.11 Å². The van der Waals surface area contributed by atoms with Gasteiger partial charge in [0.1, 0.15) is 11.4 Å². The summed E-state index contributed by atoms with van der Waals surface area (Å²) < 4.78 is 22.1. The molecule has 12 nitrogen and oxygen atoms in total. The van der Waals surface area contributed by atoms with Gasteiger partial charge in [-0.05, 0) is 119 Å². The molecule has 5 rings (SSSR count). The van der Waals surface area contributed by atoms with Crippen LogP contribution in [0.4, 0.5) is 16.3 Å². The van der Waals surface area contributed by atoms with Gasteiger partial charge >= 0.3 is 12.1 Å². The fourth-order valence-electron chi connectivity index (χ4n) is 7.46. The van der Waals surface area contributed by atoms with Gasteiger partial charge in [-0.2, -0.15) is 0 Å². The van der Waals surface area contributed by atoms with E-state index in [-0.39, 0.29) is 37.0 Å². The molecule has 1 fully saturated rings. The van der Waals surface area contributed by atoms with E-state index in [4.69, 9.17) is 35.5 Å². The third-order valence-corrected chi connectivity index (χ3v) is 10.3. The van der Waals surface area contributed by atoms with Crippen LogP contribution in [-0.2, 0) is 25.5 Å². The van der Waals surface area contributed by atoms with E-state index in [0.717, 1.165) is 54.6 Å². The molecule has 55 heavy (non-hydrogen) atoms. The van der Waals surface area contributed by atoms with Crippen molar-refractivity contribution in [3.05, 3.63) is 76.4 Å². The molecule has 1 aliphatic heterocycles. The molecule has 3 aromatic rings. The van der Waals surface area contributed by atoms with Gasteiger partial charge < -0.3 is 29.2 Å². The molecule has 1 N–H and O–H groups in total. The van der Waals surface area contributed by atoms with Crippen molar-refractivity contribution in [1.29, 1.82) is 0 Å². The van der Waals surface area contributed by atoms with Crippen LogP contribution in [0.2, 0.25) is 5.02 Å².